The van der Waals surface area contributed by atoms with Gasteiger partial charge in [0.15, 0.2) is 4.34 Å². The minimum absolute atomic E-state index is 0.0897. The van der Waals surface area contributed by atoms with Crippen LogP contribution in [0.25, 0.3) is 0 Å². The van der Waals surface area contributed by atoms with Gasteiger partial charge in [-0.2, -0.15) is 0 Å². The summed E-state index contributed by atoms with van der Waals surface area (Å²) < 4.78 is 0.726. The first-order valence-corrected chi connectivity index (χ1v) is 11.7. The Balaban J connectivity index is 1.52. The van der Waals surface area contributed by atoms with E-state index in [4.69, 9.17) is 0 Å². The van der Waals surface area contributed by atoms with Gasteiger partial charge in [0, 0.05) is 18.8 Å². The number of thioether (sulfide) groups is 1. The second kappa shape index (κ2) is 10.1. The van der Waals surface area contributed by atoms with Crippen molar-refractivity contribution >= 4 is 45.7 Å². The standard InChI is InChI=1S/C20H27N5O2S2/c1-4-13-7-6-8-14(5-2)18(13)22-19-23-24-20(29-19)28-12-17(27)25(3)11-16(26)21-15-9-10-15/h6-8,15H,4-5,9-12H2,1-3H3,(H,21,26)(H,22,23). The molecule has 0 atom stereocenters. The van der Waals surface area contributed by atoms with Crippen LogP contribution in [-0.2, 0) is 22.4 Å². The number of hydrogen-bond acceptors (Lipinski definition) is 7. The average Bonchev–Trinajstić information content (AvgIpc) is 3.41. The minimum Gasteiger partial charge on any atom is -0.352 e. The zero-order valence-electron chi connectivity index (χ0n) is 17.0. The van der Waals surface area contributed by atoms with Gasteiger partial charge >= 0.3 is 0 Å². The molecule has 0 saturated heterocycles. The molecule has 1 aliphatic carbocycles. The van der Waals surface area contributed by atoms with E-state index in [1.54, 1.807) is 7.05 Å². The largest absolute Gasteiger partial charge is 0.352 e. The summed E-state index contributed by atoms with van der Waals surface area (Å²) in [6, 6.07) is 6.62. The Morgan fingerprint density at radius 2 is 1.90 bits per heavy atom. The Morgan fingerprint density at radius 1 is 1.21 bits per heavy atom. The second-order valence-corrected chi connectivity index (χ2v) is 9.24. The van der Waals surface area contributed by atoms with E-state index >= 15 is 0 Å². The highest BCUT2D eigenvalue weighted by Crippen LogP contribution is 2.31. The average molecular weight is 434 g/mol. The number of rotatable bonds is 10. The van der Waals surface area contributed by atoms with Gasteiger partial charge in [0.1, 0.15) is 0 Å². The predicted octanol–water partition coefficient (Wildman–Crippen LogP) is 3.24. The number of amides is 2. The first-order valence-electron chi connectivity index (χ1n) is 9.87. The summed E-state index contributed by atoms with van der Waals surface area (Å²) in [5.41, 5.74) is 3.59. The molecule has 0 bridgehead atoms. The van der Waals surface area contributed by atoms with Crippen LogP contribution < -0.4 is 10.6 Å². The number of nitrogens with one attached hydrogen (secondary N) is 2. The van der Waals surface area contributed by atoms with Gasteiger partial charge in [0.25, 0.3) is 0 Å². The van der Waals surface area contributed by atoms with Gasteiger partial charge in [-0.3, -0.25) is 9.59 Å². The highest BCUT2D eigenvalue weighted by atomic mass is 32.2. The molecule has 1 aromatic heterocycles. The van der Waals surface area contributed by atoms with Crippen LogP contribution in [0.1, 0.15) is 37.8 Å². The van der Waals surface area contributed by atoms with Crippen molar-refractivity contribution in [1.29, 1.82) is 0 Å². The summed E-state index contributed by atoms with van der Waals surface area (Å²) in [4.78, 5) is 25.6. The van der Waals surface area contributed by atoms with E-state index in [0.717, 1.165) is 35.7 Å². The van der Waals surface area contributed by atoms with E-state index in [0.29, 0.717) is 11.2 Å². The second-order valence-electron chi connectivity index (χ2n) is 7.04. The minimum atomic E-state index is -0.102. The summed E-state index contributed by atoms with van der Waals surface area (Å²) >= 11 is 2.77. The number of anilines is 2. The van der Waals surface area contributed by atoms with Crippen LogP contribution in [0, 0.1) is 0 Å². The molecule has 2 N–H and O–H groups in total. The van der Waals surface area contributed by atoms with Crippen molar-refractivity contribution in [2.45, 2.75) is 49.9 Å². The molecule has 3 rings (SSSR count). The van der Waals surface area contributed by atoms with Gasteiger partial charge in [0.05, 0.1) is 12.3 Å². The molecule has 0 aliphatic heterocycles. The quantitative estimate of drug-likeness (QED) is 0.560. The lowest BCUT2D eigenvalue weighted by molar-refractivity contribution is -0.132. The molecule has 0 unspecified atom stereocenters. The molecule has 1 saturated carbocycles. The maximum atomic E-state index is 12.3. The van der Waals surface area contributed by atoms with Crippen LogP contribution in [0.4, 0.5) is 10.8 Å². The Labute approximate surface area is 179 Å². The summed E-state index contributed by atoms with van der Waals surface area (Å²) in [6.45, 7) is 4.36. The van der Waals surface area contributed by atoms with Crippen LogP contribution in [-0.4, -0.2) is 52.3 Å². The fourth-order valence-electron chi connectivity index (χ4n) is 2.87. The number of para-hydroxylation sites is 1. The van der Waals surface area contributed by atoms with E-state index in [-0.39, 0.29) is 24.1 Å². The van der Waals surface area contributed by atoms with E-state index in [1.165, 1.54) is 39.1 Å². The van der Waals surface area contributed by atoms with E-state index in [9.17, 15) is 9.59 Å². The van der Waals surface area contributed by atoms with Crippen molar-refractivity contribution in [3.05, 3.63) is 29.3 Å². The molecule has 0 radical (unpaired) electrons. The van der Waals surface area contributed by atoms with Gasteiger partial charge in [-0.05, 0) is 36.8 Å². The number of aryl methyl sites for hydroxylation is 2. The molecule has 156 valence electrons. The number of aromatic nitrogens is 2. The molecular formula is C20H27N5O2S2. The molecule has 7 nitrogen and oxygen atoms in total. The van der Waals surface area contributed by atoms with Gasteiger partial charge in [-0.25, -0.2) is 0 Å². The zero-order chi connectivity index (χ0) is 20.8. The maximum absolute atomic E-state index is 12.3. The van der Waals surface area contributed by atoms with Crippen LogP contribution in [0.5, 0.6) is 0 Å². The molecule has 1 aromatic carbocycles. The predicted molar refractivity (Wildman–Crippen MR) is 118 cm³/mol. The number of nitrogens with zero attached hydrogens (tertiary/aromatic N) is 3. The van der Waals surface area contributed by atoms with Gasteiger partial charge in [-0.15, -0.1) is 10.2 Å². The summed E-state index contributed by atoms with van der Waals surface area (Å²) in [5, 5.41) is 15.4. The smallest absolute Gasteiger partial charge is 0.239 e. The molecule has 1 heterocycles. The number of likely N-dealkylation sites (N-methyl/N-ethyl adjacent to an activating group) is 1. The topological polar surface area (TPSA) is 87.2 Å². The van der Waals surface area contributed by atoms with E-state index < -0.39 is 0 Å². The van der Waals surface area contributed by atoms with Gasteiger partial charge < -0.3 is 15.5 Å². The molecular weight excluding hydrogens is 406 g/mol. The first kappa shape index (κ1) is 21.6. The van der Waals surface area contributed by atoms with Crippen LogP contribution in [0.2, 0.25) is 0 Å². The number of carbonyl (C=O) groups excluding carboxylic acids is 2. The maximum Gasteiger partial charge on any atom is 0.239 e. The first-order chi connectivity index (χ1) is 14.0. The third-order valence-corrected chi connectivity index (χ3v) is 6.66. The van der Waals surface area contributed by atoms with Crippen molar-refractivity contribution in [2.75, 3.05) is 24.7 Å². The number of benzene rings is 1. The van der Waals surface area contributed by atoms with Crippen LogP contribution in [0.3, 0.4) is 0 Å². The zero-order valence-corrected chi connectivity index (χ0v) is 18.7. The molecule has 29 heavy (non-hydrogen) atoms. The van der Waals surface area contributed by atoms with E-state index in [2.05, 4.69) is 52.9 Å². The fraction of sp³-hybridized carbons (Fsp3) is 0.500. The number of carbonyl (C=O) groups is 2. The lowest BCUT2D eigenvalue weighted by atomic mass is 10.0. The Bertz CT molecular complexity index is 844. The Morgan fingerprint density at radius 3 is 2.52 bits per heavy atom. The van der Waals surface area contributed by atoms with E-state index in [1.807, 2.05) is 0 Å². The van der Waals surface area contributed by atoms with Crippen LogP contribution >= 0.6 is 23.1 Å². The summed E-state index contributed by atoms with van der Waals surface area (Å²) in [6.07, 6.45) is 3.95. The summed E-state index contributed by atoms with van der Waals surface area (Å²) in [5.74, 6) is 0.0282. The molecule has 2 aromatic rings. The van der Waals surface area contributed by atoms with Crippen molar-refractivity contribution < 1.29 is 9.59 Å². The lowest BCUT2D eigenvalue weighted by Gasteiger charge is -2.16. The normalized spacial score (nSPS) is 13.2. The molecule has 1 aliphatic rings. The van der Waals surface area contributed by atoms with Gasteiger partial charge in [0.2, 0.25) is 16.9 Å². The monoisotopic (exact) mass is 433 g/mol. The third kappa shape index (κ3) is 6.17. The molecule has 9 heteroatoms. The fourth-order valence-corrected chi connectivity index (χ4v) is 4.56. The SMILES string of the molecule is CCc1cccc(CC)c1Nc1nnc(SCC(=O)N(C)CC(=O)NC2CC2)s1. The molecule has 2 amide bonds. The van der Waals surface area contributed by atoms with Crippen molar-refractivity contribution in [3.63, 3.8) is 0 Å². The Hall–Kier alpha value is -2.13. The number of hydrogen-bond donors (Lipinski definition) is 2. The van der Waals surface area contributed by atoms with Crippen molar-refractivity contribution in [3.8, 4) is 0 Å². The van der Waals surface area contributed by atoms with Gasteiger partial charge in [-0.1, -0.05) is 55.1 Å². The summed E-state index contributed by atoms with van der Waals surface area (Å²) in [7, 11) is 1.65. The highest BCUT2D eigenvalue weighted by molar-refractivity contribution is 8.01. The Kier molecular flexibility index (Phi) is 7.49. The third-order valence-electron chi connectivity index (χ3n) is 4.71. The van der Waals surface area contributed by atoms with Crippen molar-refractivity contribution in [2.24, 2.45) is 0 Å². The lowest BCUT2D eigenvalue weighted by Crippen LogP contribution is -2.39. The molecule has 1 fully saturated rings. The highest BCUT2D eigenvalue weighted by Gasteiger charge is 2.24. The van der Waals surface area contributed by atoms with Crippen molar-refractivity contribution in [1.82, 2.24) is 20.4 Å². The molecule has 0 spiro atoms. The van der Waals surface area contributed by atoms with Crippen LogP contribution in [0.15, 0.2) is 22.5 Å².